The van der Waals surface area contributed by atoms with Crippen LogP contribution < -0.4 is 16.0 Å². The number of nitrogens with zero attached hydrogens (tertiary/aromatic N) is 4. The molecule has 2 heterocycles. The van der Waals surface area contributed by atoms with E-state index in [4.69, 9.17) is 10.5 Å². The zero-order chi connectivity index (χ0) is 25.0. The van der Waals surface area contributed by atoms with Crippen molar-refractivity contribution in [3.8, 4) is 11.1 Å². The first-order valence-electron chi connectivity index (χ1n) is 11.9. The number of benzene rings is 1. The van der Waals surface area contributed by atoms with Crippen molar-refractivity contribution in [2.45, 2.75) is 52.7 Å². The molecule has 0 bridgehead atoms. The van der Waals surface area contributed by atoms with Crippen LogP contribution in [0.4, 0.5) is 16.3 Å². The summed E-state index contributed by atoms with van der Waals surface area (Å²) in [7, 11) is 1.83. The highest BCUT2D eigenvalue weighted by atomic mass is 16.6. The van der Waals surface area contributed by atoms with Crippen molar-refractivity contribution in [1.82, 2.24) is 14.7 Å². The first-order valence-corrected chi connectivity index (χ1v) is 11.9. The summed E-state index contributed by atoms with van der Waals surface area (Å²) in [5, 5.41) is 7.31. The minimum absolute atomic E-state index is 0.229. The van der Waals surface area contributed by atoms with E-state index in [0.29, 0.717) is 31.2 Å². The van der Waals surface area contributed by atoms with Gasteiger partial charge in [-0.15, -0.1) is 0 Å². The topological polar surface area (TPSA) is 106 Å². The Hall–Kier alpha value is -3.07. The van der Waals surface area contributed by atoms with Crippen LogP contribution in [0, 0.1) is 5.92 Å². The molecule has 3 rings (SSSR count). The molecule has 0 radical (unpaired) electrons. The smallest absolute Gasteiger partial charge is 0.410 e. The maximum Gasteiger partial charge on any atom is 0.410 e. The Morgan fingerprint density at radius 3 is 2.29 bits per heavy atom. The van der Waals surface area contributed by atoms with Crippen LogP contribution in [-0.2, 0) is 16.6 Å². The quantitative estimate of drug-likeness (QED) is 0.670. The summed E-state index contributed by atoms with van der Waals surface area (Å²) in [6, 6.07) is 7.59. The fourth-order valence-electron chi connectivity index (χ4n) is 3.94. The highest BCUT2D eigenvalue weighted by Gasteiger charge is 2.26. The van der Waals surface area contributed by atoms with E-state index in [1.807, 2.05) is 60.0 Å². The number of ether oxygens (including phenoxy) is 1. The highest BCUT2D eigenvalue weighted by molar-refractivity contribution is 5.97. The lowest BCUT2D eigenvalue weighted by molar-refractivity contribution is -0.117. The molecule has 0 aliphatic carbocycles. The lowest BCUT2D eigenvalue weighted by Gasteiger charge is -2.36. The molecule has 34 heavy (non-hydrogen) atoms. The van der Waals surface area contributed by atoms with Crippen LogP contribution in [0.2, 0.25) is 0 Å². The second kappa shape index (κ2) is 10.5. The van der Waals surface area contributed by atoms with Gasteiger partial charge >= 0.3 is 6.09 Å². The number of aryl methyl sites for hydroxylation is 1. The number of carbonyl (C=O) groups is 2. The fraction of sp³-hybridized carbons (Fsp3) is 0.560. The first kappa shape index (κ1) is 25.6. The summed E-state index contributed by atoms with van der Waals surface area (Å²) >= 11 is 0. The van der Waals surface area contributed by atoms with Crippen LogP contribution in [0.15, 0.2) is 30.5 Å². The van der Waals surface area contributed by atoms with Crippen LogP contribution in [0.3, 0.4) is 0 Å². The normalized spacial score (nSPS) is 15.4. The SMILES string of the molecule is CC(C)C[C@H](N)C(=O)Nc1nn(C)cc1-c1ccc(N2CCN(C(=O)OC(C)(C)C)CC2)cc1. The van der Waals surface area contributed by atoms with Gasteiger partial charge in [0.15, 0.2) is 5.82 Å². The van der Waals surface area contributed by atoms with E-state index in [1.165, 1.54) is 0 Å². The van der Waals surface area contributed by atoms with Gasteiger partial charge < -0.3 is 25.6 Å². The summed E-state index contributed by atoms with van der Waals surface area (Å²) in [5.41, 5.74) is 8.43. The van der Waals surface area contributed by atoms with Crippen molar-refractivity contribution in [3.05, 3.63) is 30.5 Å². The minimum Gasteiger partial charge on any atom is -0.444 e. The van der Waals surface area contributed by atoms with Gasteiger partial charge in [0.05, 0.1) is 6.04 Å². The van der Waals surface area contributed by atoms with Crippen molar-refractivity contribution in [3.63, 3.8) is 0 Å². The van der Waals surface area contributed by atoms with Crippen LogP contribution in [-0.4, -0.2) is 64.5 Å². The molecule has 9 heteroatoms. The van der Waals surface area contributed by atoms with Crippen molar-refractivity contribution in [2.24, 2.45) is 18.7 Å². The van der Waals surface area contributed by atoms with Gasteiger partial charge in [0.1, 0.15) is 5.60 Å². The number of anilines is 2. The van der Waals surface area contributed by atoms with E-state index in [9.17, 15) is 9.59 Å². The van der Waals surface area contributed by atoms with Gasteiger partial charge in [-0.3, -0.25) is 9.48 Å². The molecule has 1 aromatic heterocycles. The summed E-state index contributed by atoms with van der Waals surface area (Å²) < 4.78 is 7.16. The lowest BCUT2D eigenvalue weighted by atomic mass is 10.0. The zero-order valence-electron chi connectivity index (χ0n) is 21.2. The zero-order valence-corrected chi connectivity index (χ0v) is 21.2. The largest absolute Gasteiger partial charge is 0.444 e. The summed E-state index contributed by atoms with van der Waals surface area (Å²) in [6.07, 6.45) is 2.24. The lowest BCUT2D eigenvalue weighted by Crippen LogP contribution is -2.50. The Morgan fingerprint density at radius 2 is 1.74 bits per heavy atom. The highest BCUT2D eigenvalue weighted by Crippen LogP contribution is 2.29. The molecule has 1 aliphatic rings. The van der Waals surface area contributed by atoms with E-state index >= 15 is 0 Å². The van der Waals surface area contributed by atoms with Gasteiger partial charge in [-0.2, -0.15) is 5.10 Å². The molecule has 2 amide bonds. The van der Waals surface area contributed by atoms with Gasteiger partial charge in [0.2, 0.25) is 5.91 Å². The number of amides is 2. The molecule has 0 saturated carbocycles. The van der Waals surface area contributed by atoms with E-state index in [-0.39, 0.29) is 12.0 Å². The number of nitrogens with two attached hydrogens (primary N) is 1. The molecule has 1 fully saturated rings. The van der Waals surface area contributed by atoms with Crippen LogP contribution >= 0.6 is 0 Å². The number of hydrogen-bond donors (Lipinski definition) is 2. The van der Waals surface area contributed by atoms with Crippen molar-refractivity contribution in [1.29, 1.82) is 0 Å². The van der Waals surface area contributed by atoms with Crippen molar-refractivity contribution < 1.29 is 14.3 Å². The monoisotopic (exact) mass is 470 g/mol. The van der Waals surface area contributed by atoms with Crippen molar-refractivity contribution in [2.75, 3.05) is 36.4 Å². The Labute approximate surface area is 202 Å². The average molecular weight is 471 g/mol. The number of nitrogens with one attached hydrogen (secondary N) is 1. The van der Waals surface area contributed by atoms with Gasteiger partial charge in [-0.05, 0) is 50.8 Å². The van der Waals surface area contributed by atoms with E-state index in [1.54, 1.807) is 9.58 Å². The molecule has 1 saturated heterocycles. The van der Waals surface area contributed by atoms with Gasteiger partial charge in [0.25, 0.3) is 0 Å². The van der Waals surface area contributed by atoms with Gasteiger partial charge in [-0.25, -0.2) is 4.79 Å². The molecule has 1 atom stereocenters. The van der Waals surface area contributed by atoms with Crippen LogP contribution in [0.5, 0.6) is 0 Å². The van der Waals surface area contributed by atoms with Gasteiger partial charge in [-0.1, -0.05) is 26.0 Å². The third-order valence-electron chi connectivity index (χ3n) is 5.61. The molecule has 0 spiro atoms. The Balaban J connectivity index is 1.64. The molecule has 1 aromatic carbocycles. The molecule has 186 valence electrons. The molecule has 0 unspecified atom stereocenters. The molecule has 2 aromatic rings. The predicted octanol–water partition coefficient (Wildman–Crippen LogP) is 3.46. The third kappa shape index (κ3) is 6.72. The average Bonchev–Trinajstić information content (AvgIpc) is 3.12. The Bertz CT molecular complexity index is 985. The fourth-order valence-corrected chi connectivity index (χ4v) is 3.94. The Morgan fingerprint density at radius 1 is 1.12 bits per heavy atom. The molecule has 3 N–H and O–H groups in total. The number of hydrogen-bond acceptors (Lipinski definition) is 6. The van der Waals surface area contributed by atoms with E-state index in [2.05, 4.69) is 27.4 Å². The van der Waals surface area contributed by atoms with E-state index < -0.39 is 11.6 Å². The maximum absolute atomic E-state index is 12.5. The minimum atomic E-state index is -0.573. The number of piperazine rings is 1. The number of rotatable bonds is 6. The number of carbonyl (C=O) groups excluding carboxylic acids is 2. The standard InChI is InChI=1S/C25H38N6O3/c1-17(2)15-21(26)23(32)27-22-20(16-29(6)28-22)18-7-9-19(10-8-18)30-11-13-31(14-12-30)24(33)34-25(3,4)5/h7-10,16-17,21H,11-15,26H2,1-6H3,(H,27,28,32)/t21-/m0/s1. The molecular weight excluding hydrogens is 432 g/mol. The first-order chi connectivity index (χ1) is 15.9. The molecule has 9 nitrogen and oxygen atoms in total. The second-order valence-corrected chi connectivity index (χ2v) is 10.3. The maximum atomic E-state index is 12.5. The van der Waals surface area contributed by atoms with Crippen LogP contribution in [0.1, 0.15) is 41.0 Å². The second-order valence-electron chi connectivity index (χ2n) is 10.3. The Kier molecular flexibility index (Phi) is 7.86. The summed E-state index contributed by atoms with van der Waals surface area (Å²) in [5.74, 6) is 0.612. The van der Waals surface area contributed by atoms with Crippen LogP contribution in [0.25, 0.3) is 11.1 Å². The van der Waals surface area contributed by atoms with Crippen molar-refractivity contribution >= 4 is 23.5 Å². The molecule has 1 aliphatic heterocycles. The summed E-state index contributed by atoms with van der Waals surface area (Å²) in [6.45, 7) is 12.4. The number of aromatic nitrogens is 2. The predicted molar refractivity (Wildman–Crippen MR) is 135 cm³/mol. The van der Waals surface area contributed by atoms with E-state index in [0.717, 1.165) is 29.9 Å². The summed E-state index contributed by atoms with van der Waals surface area (Å²) in [4.78, 5) is 28.8. The third-order valence-corrected chi connectivity index (χ3v) is 5.61. The molecular formula is C25H38N6O3. The van der Waals surface area contributed by atoms with Gasteiger partial charge in [0, 0.05) is 50.7 Å².